The zero-order chi connectivity index (χ0) is 25.3. The van der Waals surface area contributed by atoms with Crippen molar-refractivity contribution < 1.29 is 19.2 Å². The smallest absolute Gasteiger partial charge is 0.304 e. The van der Waals surface area contributed by atoms with E-state index in [-0.39, 0.29) is 6.42 Å². The van der Waals surface area contributed by atoms with Gasteiger partial charge in [-0.2, -0.15) is 4.98 Å². The molecule has 1 unspecified atom stereocenters. The third-order valence-corrected chi connectivity index (χ3v) is 5.83. The minimum absolute atomic E-state index is 0.0858. The first-order valence-corrected chi connectivity index (χ1v) is 12.3. The number of aliphatic carboxylic acids is 1. The SMILES string of the molecule is CCCc1ccc(OC(c2cccc(Cl)c2)c2nc(-c3ccc(CNCCC(=O)O)cc3)no2)cc1. The second kappa shape index (κ2) is 12.3. The lowest BCUT2D eigenvalue weighted by molar-refractivity contribution is -0.136. The number of rotatable bonds is 12. The summed E-state index contributed by atoms with van der Waals surface area (Å²) in [5.41, 5.74) is 3.88. The molecule has 0 aliphatic rings. The molecule has 0 amide bonds. The van der Waals surface area contributed by atoms with E-state index in [1.165, 1.54) is 5.56 Å². The van der Waals surface area contributed by atoms with Crippen LogP contribution in [0, 0.1) is 0 Å². The molecule has 1 atom stereocenters. The molecule has 1 heterocycles. The number of halogens is 1. The summed E-state index contributed by atoms with van der Waals surface area (Å²) in [6, 6.07) is 23.1. The van der Waals surface area contributed by atoms with Gasteiger partial charge in [-0.05, 0) is 41.8 Å². The Labute approximate surface area is 215 Å². The molecule has 3 aromatic carbocycles. The minimum atomic E-state index is -0.820. The van der Waals surface area contributed by atoms with Crippen LogP contribution in [0.2, 0.25) is 5.02 Å². The fraction of sp³-hybridized carbons (Fsp3) is 0.250. The van der Waals surface area contributed by atoms with Crippen molar-refractivity contribution in [3.63, 3.8) is 0 Å². The lowest BCUT2D eigenvalue weighted by atomic mass is 10.1. The van der Waals surface area contributed by atoms with E-state index in [0.717, 1.165) is 29.5 Å². The standard InChI is InChI=1S/C28H28ClN3O4/c1-2-4-19-9-13-24(14-10-19)35-26(22-5-3-6-23(29)17-22)28-31-27(32-36-28)21-11-7-20(8-12-21)18-30-16-15-25(33)34/h3,5-14,17,26,30H,2,4,15-16,18H2,1H3,(H,33,34). The molecule has 0 saturated carbocycles. The minimum Gasteiger partial charge on any atom is -0.481 e. The Kier molecular flexibility index (Phi) is 8.71. The van der Waals surface area contributed by atoms with Crippen LogP contribution in [0.4, 0.5) is 0 Å². The van der Waals surface area contributed by atoms with Gasteiger partial charge in [-0.3, -0.25) is 4.79 Å². The number of benzene rings is 3. The van der Waals surface area contributed by atoms with E-state index >= 15 is 0 Å². The van der Waals surface area contributed by atoms with Crippen molar-refractivity contribution in [1.82, 2.24) is 15.5 Å². The number of carboxylic acid groups (broad SMARTS) is 1. The molecule has 2 N–H and O–H groups in total. The number of nitrogens with zero attached hydrogens (tertiary/aromatic N) is 2. The molecule has 1 aromatic heterocycles. The number of hydrogen-bond acceptors (Lipinski definition) is 6. The van der Waals surface area contributed by atoms with Gasteiger partial charge in [0.1, 0.15) is 5.75 Å². The molecular formula is C28H28ClN3O4. The molecule has 4 aromatic rings. The molecule has 0 spiro atoms. The average Bonchev–Trinajstić information content (AvgIpc) is 3.36. The predicted octanol–water partition coefficient (Wildman–Crippen LogP) is 6.08. The highest BCUT2D eigenvalue weighted by molar-refractivity contribution is 6.30. The van der Waals surface area contributed by atoms with Gasteiger partial charge in [0.25, 0.3) is 5.89 Å². The maximum absolute atomic E-state index is 10.6. The molecule has 0 fully saturated rings. The fourth-order valence-corrected chi connectivity index (χ4v) is 3.95. The molecule has 186 valence electrons. The summed E-state index contributed by atoms with van der Waals surface area (Å²) in [4.78, 5) is 15.3. The highest BCUT2D eigenvalue weighted by atomic mass is 35.5. The van der Waals surface area contributed by atoms with Gasteiger partial charge in [-0.25, -0.2) is 0 Å². The summed E-state index contributed by atoms with van der Waals surface area (Å²) < 4.78 is 12.0. The summed E-state index contributed by atoms with van der Waals surface area (Å²) in [6.45, 7) is 3.14. The first-order chi connectivity index (χ1) is 17.5. The topological polar surface area (TPSA) is 97.5 Å². The summed E-state index contributed by atoms with van der Waals surface area (Å²) in [5.74, 6) is 0.646. The van der Waals surface area contributed by atoms with E-state index < -0.39 is 12.1 Å². The zero-order valence-corrected chi connectivity index (χ0v) is 20.7. The lowest BCUT2D eigenvalue weighted by Crippen LogP contribution is -2.17. The van der Waals surface area contributed by atoms with Crippen LogP contribution in [0.15, 0.2) is 77.3 Å². The van der Waals surface area contributed by atoms with E-state index in [0.29, 0.717) is 35.6 Å². The molecule has 8 heteroatoms. The van der Waals surface area contributed by atoms with Gasteiger partial charge in [0.2, 0.25) is 11.9 Å². The highest BCUT2D eigenvalue weighted by Gasteiger charge is 2.24. The summed E-state index contributed by atoms with van der Waals surface area (Å²) >= 11 is 6.26. The van der Waals surface area contributed by atoms with Crippen molar-refractivity contribution >= 4 is 17.6 Å². The van der Waals surface area contributed by atoms with Crippen LogP contribution < -0.4 is 10.1 Å². The molecule has 0 bridgehead atoms. The first kappa shape index (κ1) is 25.4. The number of ether oxygens (including phenoxy) is 1. The van der Waals surface area contributed by atoms with Gasteiger partial charge in [0, 0.05) is 29.2 Å². The van der Waals surface area contributed by atoms with E-state index in [9.17, 15) is 4.79 Å². The quantitative estimate of drug-likeness (QED) is 0.225. The van der Waals surface area contributed by atoms with Crippen molar-refractivity contribution in [1.29, 1.82) is 0 Å². The van der Waals surface area contributed by atoms with Crippen molar-refractivity contribution in [2.75, 3.05) is 6.54 Å². The summed E-state index contributed by atoms with van der Waals surface area (Å²) in [7, 11) is 0. The van der Waals surface area contributed by atoms with Gasteiger partial charge < -0.3 is 19.7 Å². The normalized spacial score (nSPS) is 11.8. The number of hydrogen-bond donors (Lipinski definition) is 2. The third-order valence-electron chi connectivity index (χ3n) is 5.59. The van der Waals surface area contributed by atoms with Gasteiger partial charge in [0.15, 0.2) is 0 Å². The van der Waals surface area contributed by atoms with Crippen LogP contribution in [-0.4, -0.2) is 27.8 Å². The number of aryl methyl sites for hydroxylation is 1. The van der Waals surface area contributed by atoms with Crippen molar-refractivity contribution in [3.05, 3.63) is 100 Å². The maximum atomic E-state index is 10.6. The van der Waals surface area contributed by atoms with Crippen molar-refractivity contribution in [2.45, 2.75) is 38.8 Å². The predicted molar refractivity (Wildman–Crippen MR) is 138 cm³/mol. The number of aromatic nitrogens is 2. The Morgan fingerprint density at radius 2 is 1.83 bits per heavy atom. The van der Waals surface area contributed by atoms with Gasteiger partial charge in [0.05, 0.1) is 6.42 Å². The van der Waals surface area contributed by atoms with Gasteiger partial charge in [-0.1, -0.05) is 78.6 Å². The molecule has 0 saturated heterocycles. The van der Waals surface area contributed by atoms with E-state index in [1.807, 2.05) is 54.6 Å². The molecule has 36 heavy (non-hydrogen) atoms. The second-order valence-electron chi connectivity index (χ2n) is 8.42. The molecule has 0 aliphatic carbocycles. The number of carbonyl (C=O) groups is 1. The van der Waals surface area contributed by atoms with Crippen LogP contribution in [0.5, 0.6) is 5.75 Å². The zero-order valence-electron chi connectivity index (χ0n) is 20.0. The van der Waals surface area contributed by atoms with E-state index in [1.54, 1.807) is 6.07 Å². The molecule has 0 radical (unpaired) electrons. The monoisotopic (exact) mass is 505 g/mol. The summed E-state index contributed by atoms with van der Waals surface area (Å²) in [5, 5.41) is 16.6. The molecular weight excluding hydrogens is 478 g/mol. The highest BCUT2D eigenvalue weighted by Crippen LogP contribution is 2.30. The molecule has 0 aliphatic heterocycles. The Morgan fingerprint density at radius 1 is 1.08 bits per heavy atom. The van der Waals surface area contributed by atoms with Gasteiger partial charge >= 0.3 is 5.97 Å². The second-order valence-corrected chi connectivity index (χ2v) is 8.86. The van der Waals surface area contributed by atoms with Crippen LogP contribution >= 0.6 is 11.6 Å². The number of carboxylic acids is 1. The van der Waals surface area contributed by atoms with Crippen LogP contribution in [-0.2, 0) is 17.8 Å². The molecule has 7 nitrogen and oxygen atoms in total. The lowest BCUT2D eigenvalue weighted by Gasteiger charge is -2.16. The van der Waals surface area contributed by atoms with E-state index in [2.05, 4.69) is 34.5 Å². The average molecular weight is 506 g/mol. The first-order valence-electron chi connectivity index (χ1n) is 11.9. The Hall–Kier alpha value is -3.68. The van der Waals surface area contributed by atoms with Crippen molar-refractivity contribution in [2.24, 2.45) is 0 Å². The largest absolute Gasteiger partial charge is 0.481 e. The van der Waals surface area contributed by atoms with E-state index in [4.69, 9.17) is 26.0 Å². The Bertz CT molecular complexity index is 1270. The Balaban J connectivity index is 1.52. The fourth-order valence-electron chi connectivity index (χ4n) is 3.75. The third kappa shape index (κ3) is 6.93. The van der Waals surface area contributed by atoms with Crippen LogP contribution in [0.1, 0.15) is 48.5 Å². The van der Waals surface area contributed by atoms with Gasteiger partial charge in [-0.15, -0.1) is 0 Å². The summed E-state index contributed by atoms with van der Waals surface area (Å²) in [6.07, 6.45) is 1.56. The van der Waals surface area contributed by atoms with Crippen molar-refractivity contribution in [3.8, 4) is 17.1 Å². The van der Waals surface area contributed by atoms with Crippen LogP contribution in [0.3, 0.4) is 0 Å². The Morgan fingerprint density at radius 3 is 2.53 bits per heavy atom. The number of nitrogens with one attached hydrogen (secondary N) is 1. The van der Waals surface area contributed by atoms with Crippen LogP contribution in [0.25, 0.3) is 11.4 Å². The molecule has 4 rings (SSSR count). The maximum Gasteiger partial charge on any atom is 0.304 e.